The van der Waals surface area contributed by atoms with E-state index in [2.05, 4.69) is 6.92 Å². The normalized spacial score (nSPS) is 27.2. The second kappa shape index (κ2) is 12.0. The molecule has 0 amide bonds. The van der Waals surface area contributed by atoms with E-state index < -0.39 is 40.8 Å². The molecule has 2 aromatic carbocycles. The fourth-order valence-electron chi connectivity index (χ4n) is 5.02. The van der Waals surface area contributed by atoms with Gasteiger partial charge in [-0.05, 0) is 49.4 Å². The Morgan fingerprint density at radius 3 is 2.24 bits per heavy atom. The Labute approximate surface area is 214 Å². The largest absolute Gasteiger partial charge is 0.378 e. The van der Waals surface area contributed by atoms with Crippen LogP contribution >= 0.6 is 0 Å². The second-order valence-corrected chi connectivity index (χ2v) is 9.98. The van der Waals surface area contributed by atoms with E-state index in [1.165, 1.54) is 18.2 Å². The van der Waals surface area contributed by atoms with Crippen molar-refractivity contribution in [3.63, 3.8) is 0 Å². The summed E-state index contributed by atoms with van der Waals surface area (Å²) in [6, 6.07) is 7.02. The Kier molecular flexibility index (Phi) is 9.03. The zero-order valence-electron chi connectivity index (χ0n) is 21.2. The number of ether oxygens (including phenoxy) is 3. The summed E-state index contributed by atoms with van der Waals surface area (Å²) >= 11 is 0. The number of benzene rings is 2. The van der Waals surface area contributed by atoms with E-state index in [9.17, 15) is 22.0 Å². The van der Waals surface area contributed by atoms with Gasteiger partial charge in [-0.3, -0.25) is 0 Å². The van der Waals surface area contributed by atoms with Crippen LogP contribution < -0.4 is 0 Å². The Bertz CT molecular complexity index is 1100. The van der Waals surface area contributed by atoms with Crippen LogP contribution in [-0.4, -0.2) is 31.6 Å². The predicted octanol–water partition coefficient (Wildman–Crippen LogP) is 8.35. The highest BCUT2D eigenvalue weighted by Crippen LogP contribution is 2.37. The molecule has 0 aromatic heterocycles. The minimum atomic E-state index is -1.60. The van der Waals surface area contributed by atoms with Crippen molar-refractivity contribution < 1.29 is 36.2 Å². The maximum Gasteiger partial charge on any atom is 0.184 e. The summed E-state index contributed by atoms with van der Waals surface area (Å²) in [5.74, 6) is -4.67. The van der Waals surface area contributed by atoms with E-state index in [-0.39, 0.29) is 42.8 Å². The Hall–Kier alpha value is -2.29. The van der Waals surface area contributed by atoms with Crippen LogP contribution in [0, 0.1) is 11.6 Å². The van der Waals surface area contributed by atoms with Crippen molar-refractivity contribution in [1.82, 2.24) is 0 Å². The molecule has 2 fully saturated rings. The van der Waals surface area contributed by atoms with Gasteiger partial charge in [-0.2, -0.15) is 0 Å². The van der Waals surface area contributed by atoms with E-state index in [4.69, 9.17) is 14.2 Å². The third kappa shape index (κ3) is 6.41. The minimum absolute atomic E-state index is 0.155. The molecule has 3 nitrogen and oxygen atoms in total. The number of hydrogen-bond acceptors (Lipinski definition) is 3. The van der Waals surface area contributed by atoms with Crippen LogP contribution in [0.4, 0.5) is 22.0 Å². The first-order valence-electron chi connectivity index (χ1n) is 12.9. The lowest BCUT2D eigenvalue weighted by Gasteiger charge is -2.34. The molecule has 2 unspecified atom stereocenters. The van der Waals surface area contributed by atoms with Gasteiger partial charge in [0.25, 0.3) is 0 Å². The van der Waals surface area contributed by atoms with E-state index in [0.717, 1.165) is 43.9 Å². The van der Waals surface area contributed by atoms with Gasteiger partial charge in [0.15, 0.2) is 23.6 Å². The third-order valence-electron chi connectivity index (χ3n) is 7.05. The summed E-state index contributed by atoms with van der Waals surface area (Å²) in [6.07, 6.45) is 3.61. The molecule has 0 spiro atoms. The highest BCUT2D eigenvalue weighted by Gasteiger charge is 2.37. The van der Waals surface area contributed by atoms with Crippen LogP contribution in [0.1, 0.15) is 86.8 Å². The van der Waals surface area contributed by atoms with Gasteiger partial charge in [0.05, 0.1) is 25.9 Å². The molecule has 2 saturated heterocycles. The zero-order valence-corrected chi connectivity index (χ0v) is 21.2. The summed E-state index contributed by atoms with van der Waals surface area (Å²) in [5, 5.41) is 0. The van der Waals surface area contributed by atoms with Gasteiger partial charge in [0.1, 0.15) is 11.6 Å². The summed E-state index contributed by atoms with van der Waals surface area (Å²) in [6.45, 7) is 3.90. The first-order valence-corrected chi connectivity index (χ1v) is 12.9. The lowest BCUT2D eigenvalue weighted by Crippen LogP contribution is -2.41. The molecule has 2 aromatic rings. The molecule has 2 atom stereocenters. The van der Waals surface area contributed by atoms with Gasteiger partial charge in [0.2, 0.25) is 0 Å². The maximum absolute atomic E-state index is 15.0. The van der Waals surface area contributed by atoms with Gasteiger partial charge >= 0.3 is 0 Å². The number of rotatable bonds is 8. The fraction of sp³-hybridized carbons (Fsp3) is 0.517. The summed E-state index contributed by atoms with van der Waals surface area (Å²) in [4.78, 5) is 0. The van der Waals surface area contributed by atoms with Crippen LogP contribution in [0.15, 0.2) is 36.4 Å². The first kappa shape index (κ1) is 27.7. The predicted molar refractivity (Wildman–Crippen MR) is 132 cm³/mol. The van der Waals surface area contributed by atoms with Gasteiger partial charge in [-0.25, -0.2) is 22.0 Å². The lowest BCUT2D eigenvalue weighted by molar-refractivity contribution is -0.239. The molecule has 2 aliphatic heterocycles. The van der Waals surface area contributed by atoms with Crippen molar-refractivity contribution in [2.24, 2.45) is 0 Å². The van der Waals surface area contributed by atoms with Gasteiger partial charge in [-0.15, -0.1) is 0 Å². The molecule has 2 heterocycles. The highest BCUT2D eigenvalue weighted by atomic mass is 19.2. The molecule has 8 heteroatoms. The number of halogens is 5. The Balaban J connectivity index is 1.47. The minimum Gasteiger partial charge on any atom is -0.378 e. The van der Waals surface area contributed by atoms with Crippen LogP contribution in [0.2, 0.25) is 0 Å². The van der Waals surface area contributed by atoms with Crippen molar-refractivity contribution in [2.75, 3.05) is 19.8 Å². The van der Waals surface area contributed by atoms with Crippen LogP contribution in [0.25, 0.3) is 11.7 Å². The maximum atomic E-state index is 15.0. The molecule has 4 rings (SSSR count). The quantitative estimate of drug-likeness (QED) is 0.257. The zero-order chi connectivity index (χ0) is 26.6. The first-order chi connectivity index (χ1) is 17.7. The van der Waals surface area contributed by atoms with E-state index in [1.807, 2.05) is 6.92 Å². The fourth-order valence-corrected chi connectivity index (χ4v) is 5.02. The van der Waals surface area contributed by atoms with E-state index in [1.54, 1.807) is 0 Å². The summed E-state index contributed by atoms with van der Waals surface area (Å²) in [7, 11) is 0. The topological polar surface area (TPSA) is 27.7 Å². The van der Waals surface area contributed by atoms with Gasteiger partial charge in [-0.1, -0.05) is 44.9 Å². The molecule has 37 heavy (non-hydrogen) atoms. The number of hydrogen-bond donors (Lipinski definition) is 0. The third-order valence-corrected chi connectivity index (χ3v) is 7.05. The summed E-state index contributed by atoms with van der Waals surface area (Å²) in [5.41, 5.74) is -1.92. The highest BCUT2D eigenvalue weighted by molar-refractivity contribution is 5.83. The molecule has 2 aliphatic rings. The Morgan fingerprint density at radius 1 is 0.892 bits per heavy atom. The molecule has 0 radical (unpaired) electrons. The van der Waals surface area contributed by atoms with Crippen molar-refractivity contribution in [3.8, 4) is 0 Å². The van der Waals surface area contributed by atoms with Crippen molar-refractivity contribution in [2.45, 2.75) is 76.4 Å². The van der Waals surface area contributed by atoms with E-state index in [0.29, 0.717) is 18.6 Å². The van der Waals surface area contributed by atoms with Gasteiger partial charge in [0, 0.05) is 22.6 Å². The molecule has 0 bridgehead atoms. The monoisotopic (exact) mass is 524 g/mol. The van der Waals surface area contributed by atoms with E-state index >= 15 is 0 Å². The molecule has 0 aliphatic carbocycles. The summed E-state index contributed by atoms with van der Waals surface area (Å²) < 4.78 is 90.6. The van der Waals surface area contributed by atoms with Crippen molar-refractivity contribution in [3.05, 3.63) is 70.3 Å². The standard InChI is InChI=1S/C29H33F5O3/c1-3-5-21-9-6-20(15-35-21)22-10-7-18(13-24(22)30)26(32)27(33)23-11-8-19(14-25(23)31)28-36-16-29(34,12-4-2)17-37-28/h7-8,10-11,13-14,20-21,28H,3-6,9,12,15-17H2,1-2H3. The Morgan fingerprint density at radius 2 is 1.65 bits per heavy atom. The molecular formula is C29H33F5O3. The second-order valence-electron chi connectivity index (χ2n) is 9.98. The molecule has 202 valence electrons. The van der Waals surface area contributed by atoms with Crippen LogP contribution in [0.5, 0.6) is 0 Å². The van der Waals surface area contributed by atoms with Gasteiger partial charge < -0.3 is 14.2 Å². The molecule has 0 N–H and O–H groups in total. The SMILES string of the molecule is CCCC1CCC(c2ccc(C(F)=C(F)c3ccc(C4OCC(F)(CCC)CO4)cc3F)cc2F)CO1. The van der Waals surface area contributed by atoms with Crippen LogP contribution in [0.3, 0.4) is 0 Å². The molecule has 0 saturated carbocycles. The van der Waals surface area contributed by atoms with Crippen LogP contribution in [-0.2, 0) is 14.2 Å². The average molecular weight is 525 g/mol. The average Bonchev–Trinajstić information content (AvgIpc) is 2.89. The lowest BCUT2D eigenvalue weighted by atomic mass is 9.89. The smallest absolute Gasteiger partial charge is 0.184 e. The van der Waals surface area contributed by atoms with Crippen molar-refractivity contribution in [1.29, 1.82) is 0 Å². The molecular weight excluding hydrogens is 491 g/mol. The van der Waals surface area contributed by atoms with Crippen molar-refractivity contribution >= 4 is 11.7 Å². The number of alkyl halides is 1.